The first-order chi connectivity index (χ1) is 12.4. The number of ether oxygens (including phenoxy) is 1. The summed E-state index contributed by atoms with van der Waals surface area (Å²) in [4.78, 5) is 12.3. The molecule has 5 atom stereocenters. The molecule has 0 aromatic carbocycles. The van der Waals surface area contributed by atoms with Gasteiger partial charge < -0.3 is 14.6 Å². The Morgan fingerprint density at radius 3 is 2.92 bits per heavy atom. The Labute approximate surface area is 156 Å². The molecular weight excluding hydrogens is 328 g/mol. The Hall–Kier alpha value is -2.14. The second kappa shape index (κ2) is 9.53. The highest BCUT2D eigenvalue weighted by Crippen LogP contribution is 2.28. The topological polar surface area (TPSA) is 64.4 Å². The number of carbonyl (C=O) groups is 1. The summed E-state index contributed by atoms with van der Waals surface area (Å²) in [7, 11) is 0. The van der Waals surface area contributed by atoms with Gasteiger partial charge in [0, 0.05) is 12.0 Å². The smallest absolute Gasteiger partial charge is 0.243 e. The molecule has 5 heteroatoms. The highest BCUT2D eigenvalue weighted by atomic mass is 16.5. The minimum atomic E-state index is -0.103. The van der Waals surface area contributed by atoms with Crippen LogP contribution in [0.25, 0.3) is 0 Å². The first-order valence-electron chi connectivity index (χ1n) is 9.24. The van der Waals surface area contributed by atoms with Crippen molar-refractivity contribution in [2.24, 2.45) is 5.92 Å². The maximum absolute atomic E-state index is 12.3. The number of rotatable bonds is 7. The predicted octanol–water partition coefficient (Wildman–Crippen LogP) is 4.16. The fraction of sp³-hybridized carbons (Fsp3) is 0.524. The van der Waals surface area contributed by atoms with Crippen LogP contribution >= 0.6 is 0 Å². The first kappa shape index (κ1) is 20.2. The molecular formula is C21H30N2O3. The van der Waals surface area contributed by atoms with Crippen molar-refractivity contribution >= 4 is 5.91 Å². The molecule has 1 aliphatic heterocycles. The zero-order valence-corrected chi connectivity index (χ0v) is 16.1. The SMILES string of the molecule is C=C/C(C)=C/C[C@@H]1O[C@H](C)[C@H](NC(=O)/C=C\C(C)c2ccon2)C[C@@H]1C. The van der Waals surface area contributed by atoms with E-state index in [1.165, 1.54) is 6.26 Å². The van der Waals surface area contributed by atoms with Gasteiger partial charge in [0.05, 0.1) is 23.9 Å². The molecule has 0 saturated carbocycles. The van der Waals surface area contributed by atoms with E-state index >= 15 is 0 Å². The Balaban J connectivity index is 1.86. The van der Waals surface area contributed by atoms with Gasteiger partial charge in [-0.2, -0.15) is 0 Å². The third-order valence-corrected chi connectivity index (χ3v) is 5.00. The number of aromatic nitrogens is 1. The summed E-state index contributed by atoms with van der Waals surface area (Å²) in [6.45, 7) is 12.0. The van der Waals surface area contributed by atoms with E-state index in [9.17, 15) is 4.79 Å². The van der Waals surface area contributed by atoms with E-state index in [0.717, 1.165) is 24.1 Å². The minimum Gasteiger partial charge on any atom is -0.373 e. The van der Waals surface area contributed by atoms with Gasteiger partial charge in [-0.25, -0.2) is 0 Å². The summed E-state index contributed by atoms with van der Waals surface area (Å²) in [6.07, 6.45) is 10.9. The van der Waals surface area contributed by atoms with Gasteiger partial charge in [-0.3, -0.25) is 4.79 Å². The Morgan fingerprint density at radius 1 is 1.50 bits per heavy atom. The van der Waals surface area contributed by atoms with Crippen molar-refractivity contribution in [2.75, 3.05) is 0 Å². The fourth-order valence-corrected chi connectivity index (χ4v) is 3.12. The summed E-state index contributed by atoms with van der Waals surface area (Å²) < 4.78 is 11.0. The summed E-state index contributed by atoms with van der Waals surface area (Å²) >= 11 is 0. The number of amides is 1. The third kappa shape index (κ3) is 5.70. The van der Waals surface area contributed by atoms with Crippen LogP contribution in [0.4, 0.5) is 0 Å². The zero-order valence-electron chi connectivity index (χ0n) is 16.1. The Bertz CT molecular complexity index is 648. The van der Waals surface area contributed by atoms with Crippen molar-refractivity contribution in [1.82, 2.24) is 10.5 Å². The second-order valence-corrected chi connectivity index (χ2v) is 7.17. The van der Waals surface area contributed by atoms with Crippen molar-refractivity contribution < 1.29 is 14.1 Å². The van der Waals surface area contributed by atoms with Crippen molar-refractivity contribution in [3.05, 3.63) is 54.5 Å². The molecule has 0 bridgehead atoms. The minimum absolute atomic E-state index is 0.0149. The van der Waals surface area contributed by atoms with Gasteiger partial charge in [-0.15, -0.1) is 0 Å². The fourth-order valence-electron chi connectivity index (χ4n) is 3.12. The van der Waals surface area contributed by atoms with Crippen LogP contribution in [0.5, 0.6) is 0 Å². The van der Waals surface area contributed by atoms with Gasteiger partial charge >= 0.3 is 0 Å². The molecule has 1 aliphatic rings. The van der Waals surface area contributed by atoms with Crippen molar-refractivity contribution in [3.63, 3.8) is 0 Å². The number of hydrogen-bond donors (Lipinski definition) is 1. The van der Waals surface area contributed by atoms with E-state index < -0.39 is 0 Å². The molecule has 2 rings (SSSR count). The molecule has 1 unspecified atom stereocenters. The quantitative estimate of drug-likeness (QED) is 0.587. The number of carbonyl (C=O) groups excluding carboxylic acids is 1. The van der Waals surface area contributed by atoms with Crippen LogP contribution in [-0.2, 0) is 9.53 Å². The summed E-state index contributed by atoms with van der Waals surface area (Å²) in [6, 6.07) is 1.82. The van der Waals surface area contributed by atoms with E-state index in [-0.39, 0.29) is 30.1 Å². The molecule has 0 radical (unpaired) electrons. The van der Waals surface area contributed by atoms with Gasteiger partial charge in [0.1, 0.15) is 6.26 Å². The van der Waals surface area contributed by atoms with Gasteiger partial charge in [-0.05, 0) is 38.7 Å². The highest BCUT2D eigenvalue weighted by Gasteiger charge is 2.33. The molecule has 1 aromatic heterocycles. The number of hydrogen-bond acceptors (Lipinski definition) is 4. The van der Waals surface area contributed by atoms with Crippen LogP contribution in [0.15, 0.2) is 53.3 Å². The monoisotopic (exact) mass is 358 g/mol. The number of nitrogens with zero attached hydrogens (tertiary/aromatic N) is 1. The Kier molecular flexibility index (Phi) is 7.39. The lowest BCUT2D eigenvalue weighted by Gasteiger charge is -2.39. The maximum atomic E-state index is 12.3. The summed E-state index contributed by atoms with van der Waals surface area (Å²) in [5.74, 6) is 0.306. The lowest BCUT2D eigenvalue weighted by Crippen LogP contribution is -2.50. The summed E-state index contributed by atoms with van der Waals surface area (Å²) in [5.41, 5.74) is 1.97. The predicted molar refractivity (Wildman–Crippen MR) is 103 cm³/mol. The summed E-state index contributed by atoms with van der Waals surface area (Å²) in [5, 5.41) is 6.96. The van der Waals surface area contributed by atoms with Crippen molar-refractivity contribution in [1.29, 1.82) is 0 Å². The lowest BCUT2D eigenvalue weighted by atomic mass is 9.88. The molecule has 1 fully saturated rings. The second-order valence-electron chi connectivity index (χ2n) is 7.17. The first-order valence-corrected chi connectivity index (χ1v) is 9.24. The van der Waals surface area contributed by atoms with E-state index in [2.05, 4.69) is 30.1 Å². The molecule has 2 heterocycles. The Morgan fingerprint density at radius 2 is 2.27 bits per heavy atom. The van der Waals surface area contributed by atoms with E-state index in [1.807, 2.05) is 32.9 Å². The van der Waals surface area contributed by atoms with E-state index in [0.29, 0.717) is 5.92 Å². The van der Waals surface area contributed by atoms with Crippen molar-refractivity contribution in [2.45, 2.75) is 64.7 Å². The van der Waals surface area contributed by atoms with Gasteiger partial charge in [0.2, 0.25) is 5.91 Å². The average Bonchev–Trinajstić information content (AvgIpc) is 3.15. The largest absolute Gasteiger partial charge is 0.373 e. The molecule has 0 aliphatic carbocycles. The van der Waals surface area contributed by atoms with Crippen LogP contribution < -0.4 is 5.32 Å². The lowest BCUT2D eigenvalue weighted by molar-refractivity contribution is -0.123. The van der Waals surface area contributed by atoms with Crippen LogP contribution in [0.1, 0.15) is 52.1 Å². The molecule has 1 saturated heterocycles. The number of nitrogens with one attached hydrogen (secondary N) is 1. The van der Waals surface area contributed by atoms with Crippen LogP contribution in [0, 0.1) is 5.92 Å². The van der Waals surface area contributed by atoms with Crippen LogP contribution in [0.3, 0.4) is 0 Å². The zero-order chi connectivity index (χ0) is 19.1. The molecule has 0 spiro atoms. The molecule has 142 valence electrons. The molecule has 5 nitrogen and oxygen atoms in total. The normalized spacial score (nSPS) is 28.1. The highest BCUT2D eigenvalue weighted by molar-refractivity contribution is 5.87. The molecule has 1 amide bonds. The van der Waals surface area contributed by atoms with Crippen molar-refractivity contribution in [3.8, 4) is 0 Å². The van der Waals surface area contributed by atoms with Crippen LogP contribution in [-0.4, -0.2) is 29.3 Å². The molecule has 1 aromatic rings. The third-order valence-electron chi connectivity index (χ3n) is 5.00. The van der Waals surface area contributed by atoms with Gasteiger partial charge in [0.25, 0.3) is 0 Å². The number of allylic oxidation sites excluding steroid dienone is 3. The van der Waals surface area contributed by atoms with Gasteiger partial charge in [-0.1, -0.05) is 49.4 Å². The average molecular weight is 358 g/mol. The standard InChI is InChI=1S/C21H30N2O3/c1-6-14(2)7-9-20-16(4)13-19(17(5)26-20)22-21(24)10-8-15(3)18-11-12-25-23-18/h6-8,10-12,15-17,19-20H,1,9,13H2,2-5H3,(H,22,24)/b10-8-,14-7+/t15?,16-,17+,19+,20-/m0/s1. The molecule has 1 N–H and O–H groups in total. The van der Waals surface area contributed by atoms with Gasteiger partial charge in [0.15, 0.2) is 0 Å². The van der Waals surface area contributed by atoms with E-state index in [4.69, 9.17) is 9.26 Å². The maximum Gasteiger partial charge on any atom is 0.243 e. The van der Waals surface area contributed by atoms with E-state index in [1.54, 1.807) is 12.1 Å². The van der Waals surface area contributed by atoms with Crippen LogP contribution in [0.2, 0.25) is 0 Å². The molecule has 26 heavy (non-hydrogen) atoms.